The van der Waals surface area contributed by atoms with Crippen molar-refractivity contribution in [3.8, 4) is 0 Å². The van der Waals surface area contributed by atoms with Crippen molar-refractivity contribution in [2.24, 2.45) is 0 Å². The van der Waals surface area contributed by atoms with E-state index in [1.54, 1.807) is 18.2 Å². The Labute approximate surface area is 121 Å². The number of nitrogens with zero attached hydrogens (tertiary/aromatic N) is 2. The number of carbonyl (C=O) groups is 2. The lowest BCUT2D eigenvalue weighted by Crippen LogP contribution is -2.12. The number of ketones is 1. The molecule has 0 aliphatic carbocycles. The molecule has 3 aromatic heterocycles. The minimum Gasteiger partial charge on any atom is -0.463 e. The average Bonchev–Trinajstić information content (AvgIpc) is 3.14. The summed E-state index contributed by atoms with van der Waals surface area (Å²) in [5.74, 6) is -0.961. The zero-order valence-electron chi connectivity index (χ0n) is 10.3. The van der Waals surface area contributed by atoms with E-state index in [1.165, 1.54) is 29.8 Å². The molecule has 3 rings (SSSR count). The van der Waals surface area contributed by atoms with Gasteiger partial charge in [-0.05, 0) is 22.9 Å². The average molecular weight is 304 g/mol. The van der Waals surface area contributed by atoms with E-state index in [9.17, 15) is 9.59 Å². The summed E-state index contributed by atoms with van der Waals surface area (Å²) in [4.78, 5) is 32.8. The molecule has 20 heavy (non-hydrogen) atoms. The van der Waals surface area contributed by atoms with E-state index in [1.807, 2.05) is 10.8 Å². The van der Waals surface area contributed by atoms with Crippen molar-refractivity contribution in [2.45, 2.75) is 0 Å². The summed E-state index contributed by atoms with van der Waals surface area (Å²) in [6.45, 7) is 0. The molecule has 0 N–H and O–H groups in total. The molecule has 0 radical (unpaired) electrons. The predicted molar refractivity (Wildman–Crippen MR) is 76.5 cm³/mol. The molecule has 0 aliphatic heterocycles. The van der Waals surface area contributed by atoms with Gasteiger partial charge >= 0.3 is 5.97 Å². The van der Waals surface area contributed by atoms with E-state index in [0.717, 1.165) is 0 Å². The van der Waals surface area contributed by atoms with Crippen LogP contribution in [0.5, 0.6) is 0 Å². The van der Waals surface area contributed by atoms with E-state index in [0.29, 0.717) is 15.1 Å². The monoisotopic (exact) mass is 304 g/mol. The van der Waals surface area contributed by atoms with Gasteiger partial charge in [0.15, 0.2) is 0 Å². The van der Waals surface area contributed by atoms with Crippen LogP contribution in [0.1, 0.15) is 26.0 Å². The highest BCUT2D eigenvalue weighted by atomic mass is 32.1. The first-order valence-corrected chi connectivity index (χ1v) is 7.38. The molecule has 0 fully saturated rings. The summed E-state index contributed by atoms with van der Waals surface area (Å²) in [7, 11) is 1.25. The summed E-state index contributed by atoms with van der Waals surface area (Å²) in [6, 6.07) is 5.28. The second-order valence-electron chi connectivity index (χ2n) is 3.83. The molecule has 0 saturated heterocycles. The third-order valence-corrected chi connectivity index (χ3v) is 4.41. The highest BCUT2D eigenvalue weighted by Crippen LogP contribution is 2.25. The van der Waals surface area contributed by atoms with Gasteiger partial charge in [-0.15, -0.1) is 22.7 Å². The Balaban J connectivity index is 2.20. The molecule has 0 unspecified atom stereocenters. The van der Waals surface area contributed by atoms with Gasteiger partial charge in [0.2, 0.25) is 11.6 Å². The van der Waals surface area contributed by atoms with Gasteiger partial charge in [0.25, 0.3) is 0 Å². The van der Waals surface area contributed by atoms with Crippen molar-refractivity contribution < 1.29 is 14.3 Å². The zero-order chi connectivity index (χ0) is 14.1. The minimum absolute atomic E-state index is 0.0988. The van der Waals surface area contributed by atoms with Crippen LogP contribution in [0, 0.1) is 0 Å². The van der Waals surface area contributed by atoms with Gasteiger partial charge < -0.3 is 4.74 Å². The van der Waals surface area contributed by atoms with Crippen molar-refractivity contribution in [1.29, 1.82) is 0 Å². The Bertz CT molecular complexity index is 793. The second kappa shape index (κ2) is 5.10. The number of fused-ring (bicyclic) bond motifs is 1. The highest BCUT2D eigenvalue weighted by Gasteiger charge is 2.21. The SMILES string of the molecule is COC(=O)c1nc(C(=O)c2cccs2)c2sccc2n1. The Morgan fingerprint density at radius 1 is 1.15 bits per heavy atom. The van der Waals surface area contributed by atoms with Gasteiger partial charge in [-0.3, -0.25) is 4.79 Å². The molecule has 7 heteroatoms. The van der Waals surface area contributed by atoms with Crippen LogP contribution >= 0.6 is 22.7 Å². The maximum Gasteiger partial charge on any atom is 0.376 e. The lowest BCUT2D eigenvalue weighted by molar-refractivity contribution is 0.0587. The van der Waals surface area contributed by atoms with Crippen molar-refractivity contribution in [3.63, 3.8) is 0 Å². The first-order valence-electron chi connectivity index (χ1n) is 5.62. The number of methoxy groups -OCH3 is 1. The van der Waals surface area contributed by atoms with Gasteiger partial charge in [-0.1, -0.05) is 6.07 Å². The Morgan fingerprint density at radius 3 is 2.70 bits per heavy atom. The van der Waals surface area contributed by atoms with Gasteiger partial charge in [0, 0.05) is 0 Å². The van der Waals surface area contributed by atoms with E-state index in [-0.39, 0.29) is 17.3 Å². The lowest BCUT2D eigenvalue weighted by atomic mass is 10.2. The molecule has 100 valence electrons. The minimum atomic E-state index is -0.654. The van der Waals surface area contributed by atoms with Crippen LogP contribution in [0.2, 0.25) is 0 Å². The van der Waals surface area contributed by atoms with E-state index < -0.39 is 5.97 Å². The quantitative estimate of drug-likeness (QED) is 0.550. The van der Waals surface area contributed by atoms with Crippen LogP contribution in [0.4, 0.5) is 0 Å². The molecule has 5 nitrogen and oxygen atoms in total. The molecule has 0 aromatic carbocycles. The first kappa shape index (κ1) is 12.9. The van der Waals surface area contributed by atoms with Crippen LogP contribution in [-0.2, 0) is 4.74 Å². The molecule has 0 atom stereocenters. The summed E-state index contributed by atoms with van der Waals surface area (Å²) in [5, 5.41) is 3.63. The van der Waals surface area contributed by atoms with Gasteiger partial charge in [0.1, 0.15) is 5.69 Å². The van der Waals surface area contributed by atoms with Crippen molar-refractivity contribution >= 4 is 44.6 Å². The first-order chi connectivity index (χ1) is 9.70. The van der Waals surface area contributed by atoms with Gasteiger partial charge in [-0.2, -0.15) is 0 Å². The summed E-state index contributed by atoms with van der Waals surface area (Å²) >= 11 is 2.71. The van der Waals surface area contributed by atoms with Crippen molar-refractivity contribution in [2.75, 3.05) is 7.11 Å². The van der Waals surface area contributed by atoms with Crippen LogP contribution in [0.15, 0.2) is 29.0 Å². The number of carbonyl (C=O) groups excluding carboxylic acids is 2. The molecular weight excluding hydrogens is 296 g/mol. The topological polar surface area (TPSA) is 69.2 Å². The Kier molecular flexibility index (Phi) is 3.29. The fourth-order valence-electron chi connectivity index (χ4n) is 1.72. The molecule has 0 bridgehead atoms. The van der Waals surface area contributed by atoms with Gasteiger partial charge in [-0.25, -0.2) is 14.8 Å². The summed E-state index contributed by atoms with van der Waals surface area (Å²) in [6.07, 6.45) is 0. The Morgan fingerprint density at radius 2 is 2.00 bits per heavy atom. The number of esters is 1. The third kappa shape index (κ3) is 2.10. The predicted octanol–water partition coefficient (Wildman–Crippen LogP) is 2.77. The van der Waals surface area contributed by atoms with E-state index in [2.05, 4.69) is 14.7 Å². The maximum absolute atomic E-state index is 12.5. The fraction of sp³-hybridized carbons (Fsp3) is 0.0769. The molecule has 0 aliphatic rings. The van der Waals surface area contributed by atoms with Gasteiger partial charge in [0.05, 0.1) is 22.2 Å². The smallest absolute Gasteiger partial charge is 0.376 e. The summed E-state index contributed by atoms with van der Waals surface area (Å²) < 4.78 is 5.29. The fourth-order valence-corrected chi connectivity index (χ4v) is 3.21. The molecule has 0 spiro atoms. The molecule has 3 heterocycles. The second-order valence-corrected chi connectivity index (χ2v) is 5.69. The standard InChI is InChI=1S/C13H8N2O3S2/c1-18-13(17)12-14-7-4-6-20-11(7)9(15-12)10(16)8-3-2-5-19-8/h2-6H,1H3. The largest absolute Gasteiger partial charge is 0.463 e. The van der Waals surface area contributed by atoms with Crippen LogP contribution < -0.4 is 0 Å². The normalized spacial score (nSPS) is 10.7. The third-order valence-electron chi connectivity index (χ3n) is 2.63. The Hall–Kier alpha value is -2.12. The molecule has 3 aromatic rings. The summed E-state index contributed by atoms with van der Waals surface area (Å²) in [5.41, 5.74) is 0.818. The lowest BCUT2D eigenvalue weighted by Gasteiger charge is -2.03. The number of hydrogen-bond donors (Lipinski definition) is 0. The number of hydrogen-bond acceptors (Lipinski definition) is 7. The number of ether oxygens (including phenoxy) is 1. The van der Waals surface area contributed by atoms with E-state index in [4.69, 9.17) is 0 Å². The number of thiophene rings is 2. The van der Waals surface area contributed by atoms with Crippen molar-refractivity contribution in [3.05, 3.63) is 45.4 Å². The van der Waals surface area contributed by atoms with Crippen LogP contribution in [0.3, 0.4) is 0 Å². The highest BCUT2D eigenvalue weighted by molar-refractivity contribution is 7.17. The zero-order valence-corrected chi connectivity index (χ0v) is 12.0. The van der Waals surface area contributed by atoms with Crippen molar-refractivity contribution in [1.82, 2.24) is 9.97 Å². The number of aromatic nitrogens is 2. The molecular formula is C13H8N2O3S2. The molecule has 0 amide bonds. The van der Waals surface area contributed by atoms with E-state index >= 15 is 0 Å². The molecule has 0 saturated carbocycles. The van der Waals surface area contributed by atoms with Crippen LogP contribution in [0.25, 0.3) is 10.2 Å². The van der Waals surface area contributed by atoms with Crippen LogP contribution in [-0.4, -0.2) is 28.8 Å². The number of rotatable bonds is 3. The maximum atomic E-state index is 12.5.